The van der Waals surface area contributed by atoms with Crippen LogP contribution in [0.5, 0.6) is 0 Å². The number of hydrogen-bond donors (Lipinski definition) is 1. The number of carbonyl (C=O) groups excluding carboxylic acids is 1. The first-order chi connectivity index (χ1) is 11.0. The zero-order valence-corrected chi connectivity index (χ0v) is 13.2. The molecule has 23 heavy (non-hydrogen) atoms. The first-order valence-electron chi connectivity index (χ1n) is 7.18. The van der Waals surface area contributed by atoms with Crippen molar-refractivity contribution in [1.29, 1.82) is 0 Å². The average Bonchev–Trinajstić information content (AvgIpc) is 2.47. The van der Waals surface area contributed by atoms with Gasteiger partial charge < -0.3 is 5.32 Å². The summed E-state index contributed by atoms with van der Waals surface area (Å²) in [7, 11) is -1.31. The minimum atomic E-state index is -1.31. The molecule has 2 rings (SSSR count). The summed E-state index contributed by atoms with van der Waals surface area (Å²) in [5.41, 5.74) is 1.18. The molecule has 0 heterocycles. The molecule has 0 aromatic heterocycles. The minimum absolute atomic E-state index is 0.0220. The van der Waals surface area contributed by atoms with Crippen LogP contribution in [0.15, 0.2) is 48.5 Å². The Hall–Kier alpha value is -2.08. The van der Waals surface area contributed by atoms with E-state index in [0.29, 0.717) is 12.2 Å². The third kappa shape index (κ3) is 6.28. The van der Waals surface area contributed by atoms with Crippen LogP contribution < -0.4 is 5.32 Å². The van der Waals surface area contributed by atoms with Crippen molar-refractivity contribution < 1.29 is 17.8 Å². The molecule has 0 saturated carbocycles. The van der Waals surface area contributed by atoms with Gasteiger partial charge in [0.05, 0.1) is 0 Å². The number of rotatable bonds is 7. The van der Waals surface area contributed by atoms with Crippen molar-refractivity contribution >= 4 is 22.4 Å². The Balaban J connectivity index is 1.75. The van der Waals surface area contributed by atoms with Crippen LogP contribution in [0.1, 0.15) is 12.0 Å². The highest BCUT2D eigenvalue weighted by molar-refractivity contribution is 7.85. The second kappa shape index (κ2) is 8.53. The fourth-order valence-corrected chi connectivity index (χ4v) is 3.10. The molecule has 122 valence electrons. The molecular weight excluding hydrogens is 320 g/mol. The lowest BCUT2D eigenvalue weighted by Gasteiger charge is -2.06. The predicted octanol–water partition coefficient (Wildman–Crippen LogP) is 3.28. The second-order valence-electron chi connectivity index (χ2n) is 5.08. The van der Waals surface area contributed by atoms with Crippen molar-refractivity contribution in [3.63, 3.8) is 0 Å². The number of benzene rings is 2. The summed E-state index contributed by atoms with van der Waals surface area (Å²) >= 11 is 0. The van der Waals surface area contributed by atoms with Crippen molar-refractivity contribution in [2.45, 2.75) is 12.8 Å². The Labute approximate surface area is 136 Å². The number of nitrogens with one attached hydrogen (secondary N) is 1. The molecule has 2 aromatic rings. The van der Waals surface area contributed by atoms with Gasteiger partial charge in [-0.3, -0.25) is 9.00 Å². The molecule has 1 amide bonds. The van der Waals surface area contributed by atoms with Crippen LogP contribution in [-0.2, 0) is 22.0 Å². The van der Waals surface area contributed by atoms with Crippen LogP contribution in [0.4, 0.5) is 14.5 Å². The molecule has 0 unspecified atom stereocenters. The van der Waals surface area contributed by atoms with Crippen molar-refractivity contribution in [2.75, 3.05) is 16.8 Å². The standard InChI is InChI=1S/C17H17F2NO2S/c18-14-9-15(19)11-16(10-14)20-17(21)12-23(22)8-4-7-13-5-2-1-3-6-13/h1-3,5-6,9-11H,4,7-8,12H2,(H,20,21)/t23-/m0/s1. The van der Waals surface area contributed by atoms with Gasteiger partial charge in [0.1, 0.15) is 17.4 Å². The second-order valence-corrected chi connectivity index (χ2v) is 6.66. The van der Waals surface area contributed by atoms with Gasteiger partial charge in [-0.2, -0.15) is 0 Å². The van der Waals surface area contributed by atoms with Crippen LogP contribution in [0.3, 0.4) is 0 Å². The van der Waals surface area contributed by atoms with Gasteiger partial charge in [-0.15, -0.1) is 0 Å². The topological polar surface area (TPSA) is 46.2 Å². The van der Waals surface area contributed by atoms with Gasteiger partial charge in [-0.1, -0.05) is 30.3 Å². The van der Waals surface area contributed by atoms with Crippen LogP contribution in [0, 0.1) is 11.6 Å². The van der Waals surface area contributed by atoms with E-state index in [0.717, 1.165) is 30.2 Å². The lowest BCUT2D eigenvalue weighted by atomic mass is 10.1. The van der Waals surface area contributed by atoms with E-state index in [4.69, 9.17) is 0 Å². The molecular formula is C17H17F2NO2S. The highest BCUT2D eigenvalue weighted by atomic mass is 32.2. The van der Waals surface area contributed by atoms with E-state index in [9.17, 15) is 17.8 Å². The molecule has 0 radical (unpaired) electrons. The molecule has 0 aliphatic rings. The Bertz CT molecular complexity index is 672. The van der Waals surface area contributed by atoms with E-state index in [-0.39, 0.29) is 11.4 Å². The fraction of sp³-hybridized carbons (Fsp3) is 0.235. The quantitative estimate of drug-likeness (QED) is 0.843. The molecule has 1 atom stereocenters. The molecule has 0 aliphatic heterocycles. The van der Waals surface area contributed by atoms with Gasteiger partial charge in [-0.25, -0.2) is 8.78 Å². The summed E-state index contributed by atoms with van der Waals surface area (Å²) in [6, 6.07) is 12.6. The van der Waals surface area contributed by atoms with E-state index in [2.05, 4.69) is 5.32 Å². The maximum atomic E-state index is 13.0. The molecule has 0 fully saturated rings. The number of carbonyl (C=O) groups is 1. The Kier molecular flexibility index (Phi) is 6.40. The van der Waals surface area contributed by atoms with E-state index >= 15 is 0 Å². The van der Waals surface area contributed by atoms with Crippen molar-refractivity contribution in [3.05, 3.63) is 65.7 Å². The van der Waals surface area contributed by atoms with Gasteiger partial charge in [0.25, 0.3) is 0 Å². The lowest BCUT2D eigenvalue weighted by Crippen LogP contribution is -2.21. The number of hydrogen-bond acceptors (Lipinski definition) is 2. The predicted molar refractivity (Wildman–Crippen MR) is 87.6 cm³/mol. The highest BCUT2D eigenvalue weighted by Gasteiger charge is 2.10. The number of anilines is 1. The molecule has 0 bridgehead atoms. The third-order valence-electron chi connectivity index (χ3n) is 3.12. The smallest absolute Gasteiger partial charge is 0.236 e. The van der Waals surface area contributed by atoms with Crippen LogP contribution in [0.25, 0.3) is 0 Å². The zero-order chi connectivity index (χ0) is 16.7. The van der Waals surface area contributed by atoms with E-state index < -0.39 is 28.3 Å². The molecule has 0 aliphatic carbocycles. The Morgan fingerprint density at radius 1 is 1.04 bits per heavy atom. The highest BCUT2D eigenvalue weighted by Crippen LogP contribution is 2.12. The van der Waals surface area contributed by atoms with Gasteiger partial charge in [0, 0.05) is 28.3 Å². The molecule has 2 aromatic carbocycles. The van der Waals surface area contributed by atoms with Crippen LogP contribution in [0.2, 0.25) is 0 Å². The Morgan fingerprint density at radius 3 is 2.35 bits per heavy atom. The van der Waals surface area contributed by atoms with E-state index in [1.54, 1.807) is 0 Å². The monoisotopic (exact) mass is 337 g/mol. The summed E-state index contributed by atoms with van der Waals surface area (Å²) in [5.74, 6) is -1.85. The van der Waals surface area contributed by atoms with Crippen LogP contribution >= 0.6 is 0 Å². The Morgan fingerprint density at radius 2 is 1.70 bits per heavy atom. The SMILES string of the molecule is O=C(C[S@@](=O)CCCc1ccccc1)Nc1cc(F)cc(F)c1. The number of halogens is 2. The maximum Gasteiger partial charge on any atom is 0.236 e. The summed E-state index contributed by atoms with van der Waals surface area (Å²) in [6.45, 7) is 0. The zero-order valence-electron chi connectivity index (χ0n) is 12.4. The fourth-order valence-electron chi connectivity index (χ4n) is 2.12. The van der Waals surface area contributed by atoms with Gasteiger partial charge in [-0.05, 0) is 30.5 Å². The summed E-state index contributed by atoms with van der Waals surface area (Å²) in [6.07, 6.45) is 1.50. The number of aryl methyl sites for hydroxylation is 1. The van der Waals surface area contributed by atoms with Crippen molar-refractivity contribution in [2.24, 2.45) is 0 Å². The normalized spacial score (nSPS) is 11.9. The third-order valence-corrected chi connectivity index (χ3v) is 4.45. The lowest BCUT2D eigenvalue weighted by molar-refractivity contribution is -0.113. The van der Waals surface area contributed by atoms with Gasteiger partial charge in [0.2, 0.25) is 5.91 Å². The summed E-state index contributed by atoms with van der Waals surface area (Å²) in [4.78, 5) is 11.7. The first-order valence-corrected chi connectivity index (χ1v) is 8.66. The minimum Gasteiger partial charge on any atom is -0.325 e. The summed E-state index contributed by atoms with van der Waals surface area (Å²) in [5, 5.41) is 2.35. The molecule has 0 spiro atoms. The molecule has 0 saturated heterocycles. The van der Waals surface area contributed by atoms with Gasteiger partial charge >= 0.3 is 0 Å². The van der Waals surface area contributed by atoms with Crippen LogP contribution in [-0.4, -0.2) is 21.6 Å². The molecule has 6 heteroatoms. The largest absolute Gasteiger partial charge is 0.325 e. The van der Waals surface area contributed by atoms with Gasteiger partial charge in [0.15, 0.2) is 0 Å². The first kappa shape index (κ1) is 17.3. The van der Waals surface area contributed by atoms with Crippen molar-refractivity contribution in [3.8, 4) is 0 Å². The maximum absolute atomic E-state index is 13.0. The van der Waals surface area contributed by atoms with E-state index in [1.165, 1.54) is 0 Å². The van der Waals surface area contributed by atoms with E-state index in [1.807, 2.05) is 30.3 Å². The molecule has 3 nitrogen and oxygen atoms in total. The number of amides is 1. The average molecular weight is 337 g/mol. The summed E-state index contributed by atoms with van der Waals surface area (Å²) < 4.78 is 37.9. The molecule has 1 N–H and O–H groups in total. The van der Waals surface area contributed by atoms with Crippen molar-refractivity contribution in [1.82, 2.24) is 0 Å².